The molecule has 1 aliphatic heterocycles. The summed E-state index contributed by atoms with van der Waals surface area (Å²) in [4.78, 5) is 17.1. The predicted octanol–water partition coefficient (Wildman–Crippen LogP) is 1.45. The second-order valence-corrected chi connectivity index (χ2v) is 7.40. The number of methoxy groups -OCH3 is 1. The SMILES string of the molecule is COCCN1CCN(CC(=O)Nc2ccnn2[C@@H](C)C2CC2)C[C@H]1C. The Hall–Kier alpha value is -1.44. The van der Waals surface area contributed by atoms with Gasteiger partial charge in [-0.15, -0.1) is 0 Å². The van der Waals surface area contributed by atoms with Crippen LogP contribution in [-0.4, -0.2) is 78.0 Å². The van der Waals surface area contributed by atoms with Crippen LogP contribution in [0.3, 0.4) is 0 Å². The van der Waals surface area contributed by atoms with Crippen LogP contribution in [0.15, 0.2) is 12.3 Å². The van der Waals surface area contributed by atoms with Crippen LogP contribution in [0, 0.1) is 5.92 Å². The quantitative estimate of drug-likeness (QED) is 0.770. The Kier molecular flexibility index (Phi) is 6.09. The molecule has 2 aliphatic rings. The molecule has 0 aromatic carbocycles. The van der Waals surface area contributed by atoms with E-state index in [1.807, 2.05) is 10.7 Å². The lowest BCUT2D eigenvalue weighted by atomic mass is 10.2. The molecule has 2 heterocycles. The van der Waals surface area contributed by atoms with Crippen LogP contribution in [0.5, 0.6) is 0 Å². The van der Waals surface area contributed by atoms with E-state index >= 15 is 0 Å². The van der Waals surface area contributed by atoms with Crippen molar-refractivity contribution in [2.75, 3.05) is 51.8 Å². The molecule has 0 bridgehead atoms. The van der Waals surface area contributed by atoms with Gasteiger partial charge >= 0.3 is 0 Å². The third-order valence-corrected chi connectivity index (χ3v) is 5.43. The Bertz CT molecular complexity index is 572. The van der Waals surface area contributed by atoms with Crippen molar-refractivity contribution >= 4 is 11.7 Å². The largest absolute Gasteiger partial charge is 0.383 e. The van der Waals surface area contributed by atoms with E-state index in [2.05, 4.69) is 34.1 Å². The van der Waals surface area contributed by atoms with Gasteiger partial charge in [-0.05, 0) is 32.6 Å². The van der Waals surface area contributed by atoms with Crippen molar-refractivity contribution in [2.45, 2.75) is 38.8 Å². The fraction of sp³-hybridized carbons (Fsp3) is 0.778. The van der Waals surface area contributed by atoms with Crippen molar-refractivity contribution in [3.8, 4) is 0 Å². The monoisotopic (exact) mass is 349 g/mol. The summed E-state index contributed by atoms with van der Waals surface area (Å²) in [7, 11) is 1.74. The number of piperazine rings is 1. The third-order valence-electron chi connectivity index (χ3n) is 5.43. The first-order chi connectivity index (χ1) is 12.1. The summed E-state index contributed by atoms with van der Waals surface area (Å²) in [6.07, 6.45) is 4.30. The first-order valence-electron chi connectivity index (χ1n) is 9.37. The Morgan fingerprint density at radius 2 is 2.24 bits per heavy atom. The Balaban J connectivity index is 1.48. The van der Waals surface area contributed by atoms with E-state index in [1.165, 1.54) is 12.8 Å². The molecule has 7 heteroatoms. The summed E-state index contributed by atoms with van der Waals surface area (Å²) < 4.78 is 7.13. The van der Waals surface area contributed by atoms with E-state index in [4.69, 9.17) is 4.74 Å². The van der Waals surface area contributed by atoms with Crippen molar-refractivity contribution in [3.63, 3.8) is 0 Å². The van der Waals surface area contributed by atoms with E-state index in [0.29, 0.717) is 24.5 Å². The molecule has 3 rings (SSSR count). The van der Waals surface area contributed by atoms with Gasteiger partial charge in [0.25, 0.3) is 0 Å². The first-order valence-corrected chi connectivity index (χ1v) is 9.37. The highest BCUT2D eigenvalue weighted by molar-refractivity contribution is 5.91. The first kappa shape index (κ1) is 18.4. The molecule has 1 aliphatic carbocycles. The van der Waals surface area contributed by atoms with E-state index in [1.54, 1.807) is 13.3 Å². The molecule has 1 amide bonds. The summed E-state index contributed by atoms with van der Waals surface area (Å²) in [5.41, 5.74) is 0. The van der Waals surface area contributed by atoms with Crippen molar-refractivity contribution in [3.05, 3.63) is 12.3 Å². The summed E-state index contributed by atoms with van der Waals surface area (Å²) in [5.74, 6) is 1.56. The van der Waals surface area contributed by atoms with E-state index in [-0.39, 0.29) is 5.91 Å². The van der Waals surface area contributed by atoms with Crippen molar-refractivity contribution < 1.29 is 9.53 Å². The maximum absolute atomic E-state index is 12.5. The summed E-state index contributed by atoms with van der Waals surface area (Å²) in [6.45, 7) is 9.35. The van der Waals surface area contributed by atoms with Gasteiger partial charge in [0.2, 0.25) is 5.91 Å². The van der Waals surface area contributed by atoms with Gasteiger partial charge in [-0.25, -0.2) is 4.68 Å². The molecule has 1 N–H and O–H groups in total. The van der Waals surface area contributed by atoms with E-state index < -0.39 is 0 Å². The minimum atomic E-state index is 0.0438. The number of rotatable bonds is 8. The van der Waals surface area contributed by atoms with Crippen molar-refractivity contribution in [2.24, 2.45) is 5.92 Å². The number of carbonyl (C=O) groups excluding carboxylic acids is 1. The number of nitrogens with one attached hydrogen (secondary N) is 1. The second-order valence-electron chi connectivity index (χ2n) is 7.40. The molecule has 7 nitrogen and oxygen atoms in total. The molecule has 1 aromatic rings. The Morgan fingerprint density at radius 3 is 2.92 bits per heavy atom. The topological polar surface area (TPSA) is 62.6 Å². The molecule has 1 saturated heterocycles. The molecule has 0 unspecified atom stereocenters. The highest BCUT2D eigenvalue weighted by Gasteiger charge is 2.31. The number of anilines is 1. The fourth-order valence-corrected chi connectivity index (χ4v) is 3.66. The minimum Gasteiger partial charge on any atom is -0.383 e. The lowest BCUT2D eigenvalue weighted by Crippen LogP contribution is -2.54. The van der Waals surface area contributed by atoms with Gasteiger partial charge in [-0.1, -0.05) is 0 Å². The smallest absolute Gasteiger partial charge is 0.239 e. The predicted molar refractivity (Wildman–Crippen MR) is 97.6 cm³/mol. The fourth-order valence-electron chi connectivity index (χ4n) is 3.66. The van der Waals surface area contributed by atoms with Gasteiger partial charge < -0.3 is 10.1 Å². The molecule has 1 saturated carbocycles. The van der Waals surface area contributed by atoms with Crippen LogP contribution in [0.2, 0.25) is 0 Å². The number of ether oxygens (including phenoxy) is 1. The van der Waals surface area contributed by atoms with Crippen LogP contribution >= 0.6 is 0 Å². The molecule has 2 atom stereocenters. The van der Waals surface area contributed by atoms with Crippen LogP contribution in [0.4, 0.5) is 5.82 Å². The minimum absolute atomic E-state index is 0.0438. The Morgan fingerprint density at radius 1 is 1.44 bits per heavy atom. The molecule has 25 heavy (non-hydrogen) atoms. The molecule has 1 aromatic heterocycles. The van der Waals surface area contributed by atoms with Gasteiger partial charge in [-0.2, -0.15) is 5.10 Å². The molecular weight excluding hydrogens is 318 g/mol. The summed E-state index contributed by atoms with van der Waals surface area (Å²) in [6, 6.07) is 2.69. The summed E-state index contributed by atoms with van der Waals surface area (Å²) in [5, 5.41) is 7.45. The molecule has 0 radical (unpaired) electrons. The van der Waals surface area contributed by atoms with Gasteiger partial charge in [0.05, 0.1) is 25.4 Å². The van der Waals surface area contributed by atoms with Crippen molar-refractivity contribution in [1.29, 1.82) is 0 Å². The Labute approximate surface area is 150 Å². The number of hydrogen-bond donors (Lipinski definition) is 1. The lowest BCUT2D eigenvalue weighted by Gasteiger charge is -2.39. The highest BCUT2D eigenvalue weighted by Crippen LogP contribution is 2.40. The zero-order valence-corrected chi connectivity index (χ0v) is 15.6. The van der Waals surface area contributed by atoms with Crippen LogP contribution in [-0.2, 0) is 9.53 Å². The number of aromatic nitrogens is 2. The number of nitrogens with zero attached hydrogens (tertiary/aromatic N) is 4. The summed E-state index contributed by atoms with van der Waals surface area (Å²) >= 11 is 0. The van der Waals surface area contributed by atoms with Crippen LogP contribution < -0.4 is 5.32 Å². The zero-order valence-electron chi connectivity index (χ0n) is 15.6. The zero-order chi connectivity index (χ0) is 17.8. The average Bonchev–Trinajstić information content (AvgIpc) is 3.33. The van der Waals surface area contributed by atoms with Gasteiger partial charge in [0, 0.05) is 45.4 Å². The third kappa shape index (κ3) is 4.80. The number of carbonyl (C=O) groups is 1. The van der Waals surface area contributed by atoms with Crippen LogP contribution in [0.25, 0.3) is 0 Å². The molecule has 140 valence electrons. The number of hydrogen-bond acceptors (Lipinski definition) is 5. The van der Waals surface area contributed by atoms with Gasteiger partial charge in [0.1, 0.15) is 5.82 Å². The van der Waals surface area contributed by atoms with Gasteiger partial charge in [-0.3, -0.25) is 14.6 Å². The molecule has 2 fully saturated rings. The normalized spacial score (nSPS) is 23.6. The van der Waals surface area contributed by atoms with Gasteiger partial charge in [0.15, 0.2) is 0 Å². The average molecular weight is 349 g/mol. The van der Waals surface area contributed by atoms with E-state index in [0.717, 1.165) is 38.6 Å². The second kappa shape index (κ2) is 8.29. The van der Waals surface area contributed by atoms with E-state index in [9.17, 15) is 4.79 Å². The maximum Gasteiger partial charge on any atom is 0.239 e. The molecule has 0 spiro atoms. The van der Waals surface area contributed by atoms with Crippen molar-refractivity contribution in [1.82, 2.24) is 19.6 Å². The standard InChI is InChI=1S/C18H31N5O2/c1-14-12-21(8-9-22(14)10-11-25-3)13-18(24)20-17-6-7-19-23(17)15(2)16-4-5-16/h6-7,14-16H,4-5,8-13H2,1-3H3,(H,20,24)/t14-,15+/m1/s1. The highest BCUT2D eigenvalue weighted by atomic mass is 16.5. The molecular formula is C18H31N5O2. The maximum atomic E-state index is 12.5. The number of amides is 1. The van der Waals surface area contributed by atoms with Crippen LogP contribution in [0.1, 0.15) is 32.7 Å². The lowest BCUT2D eigenvalue weighted by molar-refractivity contribution is -0.118.